The Morgan fingerprint density at radius 2 is 1.91 bits per heavy atom. The van der Waals surface area contributed by atoms with Crippen molar-refractivity contribution in [3.05, 3.63) is 71.0 Å². The molecule has 4 aliphatic carbocycles. The molecule has 1 heterocycles. The number of aliphatic hydroxyl groups is 2. The first kappa shape index (κ1) is 23.0. The van der Waals surface area contributed by atoms with E-state index in [9.17, 15) is 15.0 Å². The van der Waals surface area contributed by atoms with E-state index < -0.39 is 5.60 Å². The van der Waals surface area contributed by atoms with E-state index in [0.717, 1.165) is 49.8 Å². The van der Waals surface area contributed by atoms with Gasteiger partial charge in [0.15, 0.2) is 5.78 Å². The highest BCUT2D eigenvalue weighted by molar-refractivity contribution is 5.93. The van der Waals surface area contributed by atoms with Crippen LogP contribution in [0.1, 0.15) is 76.2 Å². The molecular formula is C31H36O4. The van der Waals surface area contributed by atoms with E-state index in [4.69, 9.17) is 4.42 Å². The molecular weight excluding hydrogens is 436 g/mol. The Balaban J connectivity index is 1.46. The molecule has 4 aliphatic rings. The Morgan fingerprint density at radius 3 is 2.66 bits per heavy atom. The lowest BCUT2D eigenvalue weighted by molar-refractivity contribution is -0.114. The van der Waals surface area contributed by atoms with Crippen molar-refractivity contribution in [1.82, 2.24) is 0 Å². The van der Waals surface area contributed by atoms with Crippen LogP contribution in [0.5, 0.6) is 0 Å². The third-order valence-corrected chi connectivity index (χ3v) is 9.92. The van der Waals surface area contributed by atoms with Gasteiger partial charge >= 0.3 is 0 Å². The first-order valence-electron chi connectivity index (χ1n) is 13.4. The van der Waals surface area contributed by atoms with Gasteiger partial charge in [0.2, 0.25) is 0 Å². The summed E-state index contributed by atoms with van der Waals surface area (Å²) >= 11 is 0. The number of rotatable bonds is 5. The van der Waals surface area contributed by atoms with Gasteiger partial charge in [-0.1, -0.05) is 36.8 Å². The van der Waals surface area contributed by atoms with Gasteiger partial charge in [0.25, 0.3) is 0 Å². The van der Waals surface area contributed by atoms with E-state index in [2.05, 4.69) is 31.2 Å². The van der Waals surface area contributed by atoms with Crippen LogP contribution in [0.15, 0.2) is 69.9 Å². The van der Waals surface area contributed by atoms with E-state index in [1.54, 1.807) is 11.8 Å². The van der Waals surface area contributed by atoms with Crippen molar-refractivity contribution in [1.29, 1.82) is 0 Å². The fourth-order valence-electron chi connectivity index (χ4n) is 8.16. The molecule has 2 fully saturated rings. The van der Waals surface area contributed by atoms with Gasteiger partial charge in [-0.3, -0.25) is 4.79 Å². The van der Waals surface area contributed by atoms with Crippen molar-refractivity contribution < 1.29 is 19.4 Å². The van der Waals surface area contributed by atoms with Crippen LogP contribution >= 0.6 is 0 Å². The summed E-state index contributed by atoms with van der Waals surface area (Å²) in [6.45, 7) is 2.45. The Hall–Kier alpha value is -2.43. The molecule has 4 heteroatoms. The van der Waals surface area contributed by atoms with Gasteiger partial charge < -0.3 is 14.6 Å². The summed E-state index contributed by atoms with van der Waals surface area (Å²) in [6, 6.07) is 12.7. The van der Waals surface area contributed by atoms with E-state index in [0.29, 0.717) is 31.1 Å². The molecule has 2 N–H and O–H groups in total. The largest absolute Gasteiger partial charge is 0.464 e. The van der Waals surface area contributed by atoms with Gasteiger partial charge in [0.1, 0.15) is 5.76 Å². The number of fused-ring (bicyclic) bond motifs is 4. The van der Waals surface area contributed by atoms with Crippen LogP contribution in [0.3, 0.4) is 0 Å². The summed E-state index contributed by atoms with van der Waals surface area (Å²) in [5, 5.41) is 21.5. The van der Waals surface area contributed by atoms with Crippen LogP contribution in [0.4, 0.5) is 0 Å². The zero-order valence-electron chi connectivity index (χ0n) is 20.6. The van der Waals surface area contributed by atoms with Gasteiger partial charge in [-0.05, 0) is 98.1 Å². The maximum absolute atomic E-state index is 12.2. The maximum atomic E-state index is 12.2. The highest BCUT2D eigenvalue weighted by Crippen LogP contribution is 2.67. The van der Waals surface area contributed by atoms with Crippen molar-refractivity contribution in [3.8, 4) is 11.3 Å². The lowest BCUT2D eigenvalue weighted by Gasteiger charge is -2.55. The SMILES string of the molecule is C[C@@]12C[C@H](c3ccc(-c4ccco4)cc3)C3=C4CCC(=O)C=C4CC[C@H]3[C@@H]1CC[C@@]2(O)CCCO. The average molecular weight is 473 g/mol. The minimum atomic E-state index is -0.735. The van der Waals surface area contributed by atoms with Gasteiger partial charge in [-0.15, -0.1) is 0 Å². The molecule has 0 unspecified atom stereocenters. The van der Waals surface area contributed by atoms with E-state index in [1.807, 2.05) is 18.2 Å². The minimum Gasteiger partial charge on any atom is -0.464 e. The van der Waals surface area contributed by atoms with Crippen molar-refractivity contribution in [2.24, 2.45) is 17.3 Å². The molecule has 0 spiro atoms. The molecule has 35 heavy (non-hydrogen) atoms. The molecule has 4 nitrogen and oxygen atoms in total. The number of aliphatic hydroxyl groups excluding tert-OH is 1. The molecule has 2 aromatic rings. The van der Waals surface area contributed by atoms with Crippen molar-refractivity contribution in [2.75, 3.05) is 6.61 Å². The van der Waals surface area contributed by atoms with Gasteiger partial charge in [0, 0.05) is 29.9 Å². The Labute approximate surface area is 207 Å². The number of benzene rings is 1. The van der Waals surface area contributed by atoms with Crippen LogP contribution in [-0.4, -0.2) is 28.2 Å². The number of carbonyl (C=O) groups excluding carboxylic acids is 1. The summed E-state index contributed by atoms with van der Waals surface area (Å²) in [6.07, 6.45) is 11.2. The smallest absolute Gasteiger partial charge is 0.156 e. The second kappa shape index (κ2) is 8.60. The molecule has 0 bridgehead atoms. The fraction of sp³-hybridized carbons (Fsp3) is 0.516. The number of hydrogen-bond donors (Lipinski definition) is 2. The van der Waals surface area contributed by atoms with Gasteiger partial charge in [0.05, 0.1) is 11.9 Å². The predicted molar refractivity (Wildman–Crippen MR) is 136 cm³/mol. The molecule has 1 aromatic heterocycles. The fourth-order valence-corrected chi connectivity index (χ4v) is 8.16. The van der Waals surface area contributed by atoms with Crippen molar-refractivity contribution in [3.63, 3.8) is 0 Å². The second-order valence-corrected chi connectivity index (χ2v) is 11.5. The number of ketones is 1. The summed E-state index contributed by atoms with van der Waals surface area (Å²) in [5.74, 6) is 2.27. The molecule has 1 aromatic carbocycles. The standard InChI is InChI=1S/C31H36O4/c1-30-19-26(20-5-7-21(8-6-20)28-4-2-17-35-28)29-24-12-10-23(33)18-22(24)9-11-25(29)27(30)13-15-31(30,34)14-3-16-32/h2,4-8,17-18,25-27,32,34H,3,9-16,19H2,1H3/t25-,26+,27-,30+,31-/m0/s1. The summed E-state index contributed by atoms with van der Waals surface area (Å²) in [7, 11) is 0. The lowest BCUT2D eigenvalue weighted by Crippen LogP contribution is -2.51. The Morgan fingerprint density at radius 1 is 1.09 bits per heavy atom. The quantitative estimate of drug-likeness (QED) is 0.532. The van der Waals surface area contributed by atoms with E-state index in [1.165, 1.54) is 16.7 Å². The number of furan rings is 1. The summed E-state index contributed by atoms with van der Waals surface area (Å²) in [5.41, 5.74) is 5.70. The molecule has 0 aliphatic heterocycles. The van der Waals surface area contributed by atoms with Crippen LogP contribution in [0.25, 0.3) is 11.3 Å². The zero-order chi connectivity index (χ0) is 24.2. The van der Waals surface area contributed by atoms with Gasteiger partial charge in [-0.25, -0.2) is 0 Å². The van der Waals surface area contributed by atoms with Gasteiger partial charge in [-0.2, -0.15) is 0 Å². The summed E-state index contributed by atoms with van der Waals surface area (Å²) < 4.78 is 5.61. The zero-order valence-corrected chi connectivity index (χ0v) is 20.6. The molecule has 6 rings (SSSR count). The number of allylic oxidation sites excluding steroid dienone is 4. The lowest BCUT2D eigenvalue weighted by atomic mass is 9.51. The molecule has 5 atom stereocenters. The number of hydrogen-bond acceptors (Lipinski definition) is 4. The molecule has 0 radical (unpaired) electrons. The summed E-state index contributed by atoms with van der Waals surface area (Å²) in [4.78, 5) is 12.2. The Bertz CT molecular complexity index is 1170. The number of carbonyl (C=O) groups is 1. The maximum Gasteiger partial charge on any atom is 0.156 e. The van der Waals surface area contributed by atoms with E-state index >= 15 is 0 Å². The average Bonchev–Trinajstić information content (AvgIpc) is 3.49. The van der Waals surface area contributed by atoms with Crippen LogP contribution in [-0.2, 0) is 4.79 Å². The molecule has 0 saturated heterocycles. The van der Waals surface area contributed by atoms with E-state index in [-0.39, 0.29) is 23.7 Å². The van der Waals surface area contributed by atoms with Crippen molar-refractivity contribution in [2.45, 2.75) is 76.2 Å². The van der Waals surface area contributed by atoms with Crippen LogP contribution in [0, 0.1) is 17.3 Å². The van der Waals surface area contributed by atoms with Crippen molar-refractivity contribution >= 4 is 5.78 Å². The second-order valence-electron chi connectivity index (χ2n) is 11.5. The Kier molecular flexibility index (Phi) is 5.65. The monoisotopic (exact) mass is 472 g/mol. The van der Waals surface area contributed by atoms with Crippen LogP contribution in [0.2, 0.25) is 0 Å². The molecule has 2 saturated carbocycles. The molecule has 184 valence electrons. The highest BCUT2D eigenvalue weighted by atomic mass is 16.3. The highest BCUT2D eigenvalue weighted by Gasteiger charge is 2.62. The third kappa shape index (κ3) is 3.60. The molecule has 0 amide bonds. The minimum absolute atomic E-state index is 0.127. The predicted octanol–water partition coefficient (Wildman–Crippen LogP) is 6.35. The first-order chi connectivity index (χ1) is 16.9. The normalized spacial score (nSPS) is 34.3. The first-order valence-corrected chi connectivity index (χ1v) is 13.4. The van der Waals surface area contributed by atoms with Crippen LogP contribution < -0.4 is 0 Å². The topological polar surface area (TPSA) is 70.7 Å². The third-order valence-electron chi connectivity index (χ3n) is 9.92.